The van der Waals surface area contributed by atoms with Gasteiger partial charge in [0.25, 0.3) is 0 Å². The molecule has 3 rings (SSSR count). The Labute approximate surface area is 159 Å². The highest BCUT2D eigenvalue weighted by Gasteiger charge is 2.08. The zero-order valence-corrected chi connectivity index (χ0v) is 15.5. The van der Waals surface area contributed by atoms with Crippen molar-refractivity contribution in [2.75, 3.05) is 5.32 Å². The minimum atomic E-state index is -0.931. The lowest BCUT2D eigenvalue weighted by molar-refractivity contribution is 0.0697. The van der Waals surface area contributed by atoms with E-state index in [-0.39, 0.29) is 5.56 Å². The van der Waals surface area contributed by atoms with Crippen molar-refractivity contribution < 1.29 is 14.6 Å². The Morgan fingerprint density at radius 3 is 2.48 bits per heavy atom. The fourth-order valence-electron chi connectivity index (χ4n) is 2.77. The van der Waals surface area contributed by atoms with Gasteiger partial charge in [-0.3, -0.25) is 0 Å². The maximum atomic E-state index is 11.2. The number of nitrogens with one attached hydrogen (secondary N) is 1. The molecule has 0 saturated carbocycles. The van der Waals surface area contributed by atoms with Crippen LogP contribution < -0.4 is 10.1 Å². The minimum Gasteiger partial charge on any atom is -0.489 e. The summed E-state index contributed by atoms with van der Waals surface area (Å²) in [6, 6.07) is 21.2. The predicted molar refractivity (Wildman–Crippen MR) is 107 cm³/mol. The second kappa shape index (κ2) is 8.41. The summed E-state index contributed by atoms with van der Waals surface area (Å²) in [6.45, 7) is 5.07. The number of hydrogen-bond donors (Lipinski definition) is 2. The highest BCUT2D eigenvalue weighted by atomic mass is 16.5. The molecule has 0 aliphatic rings. The van der Waals surface area contributed by atoms with Gasteiger partial charge in [-0.05, 0) is 43.2 Å². The molecule has 4 nitrogen and oxygen atoms in total. The van der Waals surface area contributed by atoms with E-state index >= 15 is 0 Å². The summed E-state index contributed by atoms with van der Waals surface area (Å²) in [5.74, 6) is -0.113. The third-order valence-electron chi connectivity index (χ3n) is 4.44. The van der Waals surface area contributed by atoms with Gasteiger partial charge in [-0.2, -0.15) is 0 Å². The van der Waals surface area contributed by atoms with Crippen molar-refractivity contribution in [1.29, 1.82) is 0 Å². The quantitative estimate of drug-likeness (QED) is 0.608. The van der Waals surface area contributed by atoms with Crippen LogP contribution in [0.5, 0.6) is 5.75 Å². The Bertz CT molecular complexity index is 933. The van der Waals surface area contributed by atoms with Gasteiger partial charge in [-0.25, -0.2) is 4.79 Å². The molecule has 0 spiro atoms. The smallest absolute Gasteiger partial charge is 0.335 e. The molecule has 0 fully saturated rings. The minimum absolute atomic E-state index is 0.270. The highest BCUT2D eigenvalue weighted by Crippen LogP contribution is 2.23. The summed E-state index contributed by atoms with van der Waals surface area (Å²) in [5.41, 5.74) is 5.44. The van der Waals surface area contributed by atoms with Gasteiger partial charge >= 0.3 is 5.97 Å². The maximum absolute atomic E-state index is 11.2. The molecule has 0 amide bonds. The summed E-state index contributed by atoms with van der Waals surface area (Å²) in [5, 5.41) is 12.5. The molecule has 0 aliphatic carbocycles. The van der Waals surface area contributed by atoms with Gasteiger partial charge in [0.15, 0.2) is 0 Å². The lowest BCUT2D eigenvalue weighted by Gasteiger charge is -2.14. The summed E-state index contributed by atoms with van der Waals surface area (Å²) in [4.78, 5) is 11.2. The summed E-state index contributed by atoms with van der Waals surface area (Å²) < 4.78 is 6.01. The first-order valence-corrected chi connectivity index (χ1v) is 8.87. The maximum Gasteiger partial charge on any atom is 0.335 e. The highest BCUT2D eigenvalue weighted by molar-refractivity contribution is 5.89. The molecular weight excluding hydrogens is 338 g/mol. The molecule has 3 aromatic rings. The second-order valence-corrected chi connectivity index (χ2v) is 6.57. The Morgan fingerprint density at radius 2 is 1.74 bits per heavy atom. The number of anilines is 1. The number of aromatic carboxylic acids is 1. The van der Waals surface area contributed by atoms with Crippen molar-refractivity contribution in [3.05, 3.63) is 94.5 Å². The van der Waals surface area contributed by atoms with Crippen LogP contribution in [0.2, 0.25) is 0 Å². The van der Waals surface area contributed by atoms with E-state index in [9.17, 15) is 9.90 Å². The zero-order valence-electron chi connectivity index (χ0n) is 15.5. The number of rotatable bonds is 7. The molecular formula is C23H23NO3. The molecule has 0 bridgehead atoms. The third-order valence-corrected chi connectivity index (χ3v) is 4.44. The van der Waals surface area contributed by atoms with Gasteiger partial charge in [0.05, 0.1) is 5.56 Å². The van der Waals surface area contributed by atoms with Crippen molar-refractivity contribution >= 4 is 11.7 Å². The zero-order chi connectivity index (χ0) is 19.2. The van der Waals surface area contributed by atoms with Gasteiger partial charge < -0.3 is 15.2 Å². The molecule has 2 N–H and O–H groups in total. The molecule has 0 aromatic heterocycles. The third kappa shape index (κ3) is 4.88. The molecule has 0 aliphatic heterocycles. The van der Waals surface area contributed by atoms with E-state index in [0.29, 0.717) is 13.2 Å². The normalized spacial score (nSPS) is 10.4. The molecule has 0 radical (unpaired) electrons. The summed E-state index contributed by atoms with van der Waals surface area (Å²) in [7, 11) is 0. The topological polar surface area (TPSA) is 58.6 Å². The average Bonchev–Trinajstić information content (AvgIpc) is 2.67. The second-order valence-electron chi connectivity index (χ2n) is 6.57. The van der Waals surface area contributed by atoms with E-state index in [1.54, 1.807) is 12.1 Å². The van der Waals surface area contributed by atoms with Gasteiger partial charge in [-0.1, -0.05) is 54.1 Å². The summed E-state index contributed by atoms with van der Waals surface area (Å²) >= 11 is 0. The van der Waals surface area contributed by atoms with Crippen molar-refractivity contribution in [3.8, 4) is 5.75 Å². The average molecular weight is 361 g/mol. The molecule has 27 heavy (non-hydrogen) atoms. The van der Waals surface area contributed by atoms with E-state index in [1.165, 1.54) is 5.56 Å². The van der Waals surface area contributed by atoms with Gasteiger partial charge in [0.1, 0.15) is 12.4 Å². The Balaban J connectivity index is 1.70. The molecule has 0 unspecified atom stereocenters. The van der Waals surface area contributed by atoms with Crippen molar-refractivity contribution in [2.45, 2.75) is 27.0 Å². The number of aryl methyl sites for hydroxylation is 2. The predicted octanol–water partition coefficient (Wildman–Crippen LogP) is 5.19. The van der Waals surface area contributed by atoms with Crippen molar-refractivity contribution in [2.24, 2.45) is 0 Å². The standard InChI is InChI=1S/C23H23NO3/c1-16-7-10-18(11-8-16)15-27-22-6-4-3-5-20(22)14-24-21-13-19(23(25)26)12-9-17(21)2/h3-13,24H,14-15H2,1-2H3,(H,25,26). The number of para-hydroxylation sites is 1. The van der Waals surface area contributed by atoms with Crippen LogP contribution in [-0.4, -0.2) is 11.1 Å². The number of carbonyl (C=O) groups is 1. The largest absolute Gasteiger partial charge is 0.489 e. The van der Waals surface area contributed by atoms with E-state index in [0.717, 1.165) is 28.1 Å². The van der Waals surface area contributed by atoms with Crippen LogP contribution >= 0.6 is 0 Å². The van der Waals surface area contributed by atoms with Gasteiger partial charge in [0.2, 0.25) is 0 Å². The fourth-order valence-corrected chi connectivity index (χ4v) is 2.77. The Kier molecular flexibility index (Phi) is 5.77. The number of carboxylic acid groups (broad SMARTS) is 1. The summed E-state index contributed by atoms with van der Waals surface area (Å²) in [6.07, 6.45) is 0. The van der Waals surface area contributed by atoms with Crippen LogP contribution in [0.3, 0.4) is 0 Å². The molecule has 0 heterocycles. The van der Waals surface area contributed by atoms with E-state index in [4.69, 9.17) is 4.74 Å². The lowest BCUT2D eigenvalue weighted by atomic mass is 10.1. The first-order valence-electron chi connectivity index (χ1n) is 8.87. The van der Waals surface area contributed by atoms with Crippen molar-refractivity contribution in [1.82, 2.24) is 0 Å². The molecule has 4 heteroatoms. The van der Waals surface area contributed by atoms with E-state index in [1.807, 2.05) is 37.3 Å². The first kappa shape index (κ1) is 18.5. The number of hydrogen-bond acceptors (Lipinski definition) is 3. The van der Waals surface area contributed by atoms with Crippen LogP contribution in [0.4, 0.5) is 5.69 Å². The fraction of sp³-hybridized carbons (Fsp3) is 0.174. The van der Waals surface area contributed by atoms with Crippen LogP contribution in [0.25, 0.3) is 0 Å². The molecule has 3 aromatic carbocycles. The van der Waals surface area contributed by atoms with E-state index in [2.05, 4.69) is 36.5 Å². The number of carboxylic acids is 1. The van der Waals surface area contributed by atoms with Crippen LogP contribution in [0, 0.1) is 13.8 Å². The SMILES string of the molecule is Cc1ccc(COc2ccccc2CNc2cc(C(=O)O)ccc2C)cc1. The lowest BCUT2D eigenvalue weighted by Crippen LogP contribution is -2.06. The van der Waals surface area contributed by atoms with Gasteiger partial charge in [0, 0.05) is 17.8 Å². The molecule has 0 saturated heterocycles. The molecule has 0 atom stereocenters. The van der Waals surface area contributed by atoms with Crippen LogP contribution in [0.1, 0.15) is 32.6 Å². The first-order chi connectivity index (χ1) is 13.0. The van der Waals surface area contributed by atoms with Crippen LogP contribution in [-0.2, 0) is 13.2 Å². The van der Waals surface area contributed by atoms with Crippen molar-refractivity contribution in [3.63, 3.8) is 0 Å². The Hall–Kier alpha value is -3.27. The van der Waals surface area contributed by atoms with Gasteiger partial charge in [-0.15, -0.1) is 0 Å². The Morgan fingerprint density at radius 1 is 1.00 bits per heavy atom. The molecule has 138 valence electrons. The van der Waals surface area contributed by atoms with E-state index < -0.39 is 5.97 Å². The van der Waals surface area contributed by atoms with Crippen LogP contribution in [0.15, 0.2) is 66.7 Å². The number of benzene rings is 3. The number of ether oxygens (including phenoxy) is 1. The monoisotopic (exact) mass is 361 g/mol.